The number of rotatable bonds is 6. The number of urea groups is 1. The molecule has 0 aromatic carbocycles. The summed E-state index contributed by atoms with van der Waals surface area (Å²) >= 11 is 0. The van der Waals surface area contributed by atoms with Crippen molar-refractivity contribution in [2.24, 2.45) is 5.92 Å². The summed E-state index contributed by atoms with van der Waals surface area (Å²) in [6, 6.07) is 2.06. The van der Waals surface area contributed by atoms with Gasteiger partial charge in [0.1, 0.15) is 0 Å². The van der Waals surface area contributed by atoms with Gasteiger partial charge in [0.05, 0.1) is 12.2 Å². The van der Waals surface area contributed by atoms with Gasteiger partial charge in [-0.25, -0.2) is 4.79 Å². The Morgan fingerprint density at radius 1 is 1.28 bits per heavy atom. The monoisotopic (exact) mass is 349 g/mol. The Bertz CT molecular complexity index is 553. The summed E-state index contributed by atoms with van der Waals surface area (Å²) in [6.07, 6.45) is 2.40. The number of nitrogens with one attached hydrogen (secondary N) is 1. The lowest BCUT2D eigenvalue weighted by molar-refractivity contribution is 0.127. The quantitative estimate of drug-likeness (QED) is 0.844. The molecule has 1 N–H and O–H groups in total. The van der Waals surface area contributed by atoms with Crippen molar-refractivity contribution in [2.45, 2.75) is 33.2 Å². The molecule has 1 aromatic heterocycles. The summed E-state index contributed by atoms with van der Waals surface area (Å²) < 4.78 is 5.27. The Morgan fingerprint density at radius 3 is 2.76 bits per heavy atom. The maximum absolute atomic E-state index is 12.4. The van der Waals surface area contributed by atoms with E-state index in [0.717, 1.165) is 57.3 Å². The van der Waals surface area contributed by atoms with Gasteiger partial charge in [-0.15, -0.1) is 0 Å². The molecule has 2 aliphatic rings. The molecule has 2 amide bonds. The molecule has 1 atom stereocenters. The Hall–Kier alpha value is -1.60. The number of carbonyl (C=O) groups excluding carboxylic acids is 1. The van der Waals surface area contributed by atoms with Crippen LogP contribution in [0.4, 0.5) is 4.79 Å². The van der Waals surface area contributed by atoms with E-state index in [1.165, 1.54) is 25.9 Å². The summed E-state index contributed by atoms with van der Waals surface area (Å²) in [5.41, 5.74) is 0.914. The number of aryl methyl sites for hydroxylation is 1. The van der Waals surface area contributed by atoms with Gasteiger partial charge in [-0.05, 0) is 38.8 Å². The molecule has 0 aliphatic carbocycles. The molecule has 0 bridgehead atoms. The second-order valence-electron chi connectivity index (χ2n) is 7.34. The largest absolute Gasteiger partial charge is 0.360 e. The van der Waals surface area contributed by atoms with Gasteiger partial charge < -0.3 is 19.6 Å². The van der Waals surface area contributed by atoms with Crippen LogP contribution >= 0.6 is 0 Å². The molecule has 0 unspecified atom stereocenters. The highest BCUT2D eigenvalue weighted by Crippen LogP contribution is 2.15. The molecule has 2 aliphatic heterocycles. The zero-order valence-corrected chi connectivity index (χ0v) is 15.5. The van der Waals surface area contributed by atoms with Crippen LogP contribution in [0.5, 0.6) is 0 Å². The SMILES string of the molecule is CCCN1CC[C@@H](CNC(=O)N2CCN(Cc3cc(C)no3)CC2)C1. The van der Waals surface area contributed by atoms with Gasteiger partial charge in [-0.3, -0.25) is 4.90 Å². The Morgan fingerprint density at radius 2 is 2.08 bits per heavy atom. The van der Waals surface area contributed by atoms with E-state index in [9.17, 15) is 4.79 Å². The van der Waals surface area contributed by atoms with Crippen molar-refractivity contribution in [2.75, 3.05) is 52.4 Å². The molecule has 1 aromatic rings. The lowest BCUT2D eigenvalue weighted by Gasteiger charge is -2.34. The number of nitrogens with zero attached hydrogens (tertiary/aromatic N) is 4. The van der Waals surface area contributed by atoms with E-state index in [4.69, 9.17) is 4.52 Å². The van der Waals surface area contributed by atoms with Gasteiger partial charge in [-0.1, -0.05) is 12.1 Å². The Kier molecular flexibility index (Phi) is 6.31. The molecular weight excluding hydrogens is 318 g/mol. The highest BCUT2D eigenvalue weighted by molar-refractivity contribution is 5.74. The fraction of sp³-hybridized carbons (Fsp3) is 0.778. The van der Waals surface area contributed by atoms with Crippen LogP contribution in [0.3, 0.4) is 0 Å². The molecule has 0 spiro atoms. The second-order valence-corrected chi connectivity index (χ2v) is 7.34. The number of hydrogen-bond donors (Lipinski definition) is 1. The number of carbonyl (C=O) groups is 1. The van der Waals surface area contributed by atoms with E-state index in [1.54, 1.807) is 0 Å². The van der Waals surface area contributed by atoms with E-state index in [2.05, 4.69) is 27.2 Å². The zero-order valence-electron chi connectivity index (χ0n) is 15.5. The van der Waals surface area contributed by atoms with Crippen LogP contribution < -0.4 is 5.32 Å². The Balaban J connectivity index is 1.34. The van der Waals surface area contributed by atoms with Gasteiger partial charge in [0.2, 0.25) is 0 Å². The lowest BCUT2D eigenvalue weighted by Crippen LogP contribution is -2.52. The van der Waals surface area contributed by atoms with E-state index < -0.39 is 0 Å². The Labute approximate surface area is 150 Å². The van der Waals surface area contributed by atoms with E-state index in [-0.39, 0.29) is 6.03 Å². The summed E-state index contributed by atoms with van der Waals surface area (Å²) in [7, 11) is 0. The maximum Gasteiger partial charge on any atom is 0.317 e. The third-order valence-electron chi connectivity index (χ3n) is 5.17. The molecule has 2 saturated heterocycles. The van der Waals surface area contributed by atoms with Crippen molar-refractivity contribution >= 4 is 6.03 Å². The van der Waals surface area contributed by atoms with Gasteiger partial charge in [0.25, 0.3) is 0 Å². The summed E-state index contributed by atoms with van der Waals surface area (Å²) in [4.78, 5) is 19.1. The number of hydrogen-bond acceptors (Lipinski definition) is 5. The average Bonchev–Trinajstić information content (AvgIpc) is 3.23. The summed E-state index contributed by atoms with van der Waals surface area (Å²) in [5, 5.41) is 7.06. The third-order valence-corrected chi connectivity index (χ3v) is 5.17. The van der Waals surface area contributed by atoms with Crippen molar-refractivity contribution in [1.29, 1.82) is 0 Å². The molecule has 3 rings (SSSR count). The predicted molar refractivity (Wildman–Crippen MR) is 96.3 cm³/mol. The normalized spacial score (nSPS) is 22.5. The van der Waals surface area contributed by atoms with E-state index in [1.807, 2.05) is 17.9 Å². The fourth-order valence-electron chi connectivity index (χ4n) is 3.76. The standard InChI is InChI=1S/C18H31N5O2/c1-3-5-21-6-4-16(13-21)12-19-18(24)23-9-7-22(8-10-23)14-17-11-15(2)20-25-17/h11,16H,3-10,12-14H2,1-2H3,(H,19,24)/t16-/m0/s1. The molecule has 7 nitrogen and oxygen atoms in total. The van der Waals surface area contributed by atoms with Crippen LogP contribution in [0, 0.1) is 12.8 Å². The number of aromatic nitrogens is 1. The van der Waals surface area contributed by atoms with Crippen molar-refractivity contribution in [1.82, 2.24) is 25.2 Å². The van der Waals surface area contributed by atoms with Crippen molar-refractivity contribution in [3.8, 4) is 0 Å². The van der Waals surface area contributed by atoms with Crippen molar-refractivity contribution in [3.05, 3.63) is 17.5 Å². The highest BCUT2D eigenvalue weighted by atomic mass is 16.5. The first-order valence-corrected chi connectivity index (χ1v) is 9.53. The van der Waals surface area contributed by atoms with Gasteiger partial charge >= 0.3 is 6.03 Å². The van der Waals surface area contributed by atoms with Crippen LogP contribution in [-0.2, 0) is 6.54 Å². The third kappa shape index (κ3) is 5.19. The first kappa shape index (κ1) is 18.2. The highest BCUT2D eigenvalue weighted by Gasteiger charge is 2.25. The molecule has 0 saturated carbocycles. The molecule has 7 heteroatoms. The second kappa shape index (κ2) is 8.67. The first-order chi connectivity index (χ1) is 12.1. The zero-order chi connectivity index (χ0) is 17.6. The van der Waals surface area contributed by atoms with Crippen LogP contribution in [-0.4, -0.2) is 78.2 Å². The van der Waals surface area contributed by atoms with Gasteiger partial charge in [-0.2, -0.15) is 0 Å². The predicted octanol–water partition coefficient (Wildman–Crippen LogP) is 1.54. The smallest absolute Gasteiger partial charge is 0.317 e. The fourth-order valence-corrected chi connectivity index (χ4v) is 3.76. The maximum atomic E-state index is 12.4. The van der Waals surface area contributed by atoms with Crippen molar-refractivity contribution < 1.29 is 9.32 Å². The molecule has 25 heavy (non-hydrogen) atoms. The van der Waals surface area contributed by atoms with Gasteiger partial charge in [0.15, 0.2) is 5.76 Å². The molecule has 140 valence electrons. The number of piperazine rings is 1. The molecule has 3 heterocycles. The van der Waals surface area contributed by atoms with Crippen molar-refractivity contribution in [3.63, 3.8) is 0 Å². The van der Waals surface area contributed by atoms with Crippen LogP contribution in [0.1, 0.15) is 31.2 Å². The summed E-state index contributed by atoms with van der Waals surface area (Å²) in [5.74, 6) is 1.50. The summed E-state index contributed by atoms with van der Waals surface area (Å²) in [6.45, 7) is 12.5. The first-order valence-electron chi connectivity index (χ1n) is 9.53. The molecular formula is C18H31N5O2. The minimum atomic E-state index is 0.0871. The van der Waals surface area contributed by atoms with Gasteiger partial charge in [0, 0.05) is 45.3 Å². The molecule has 0 radical (unpaired) electrons. The van der Waals surface area contributed by atoms with Crippen LogP contribution in [0.25, 0.3) is 0 Å². The lowest BCUT2D eigenvalue weighted by atomic mass is 10.1. The minimum absolute atomic E-state index is 0.0871. The molecule has 2 fully saturated rings. The number of amides is 2. The average molecular weight is 349 g/mol. The van der Waals surface area contributed by atoms with E-state index in [0.29, 0.717) is 5.92 Å². The number of likely N-dealkylation sites (tertiary alicyclic amines) is 1. The van der Waals surface area contributed by atoms with Crippen LogP contribution in [0.2, 0.25) is 0 Å². The topological polar surface area (TPSA) is 64.9 Å². The van der Waals surface area contributed by atoms with Crippen LogP contribution in [0.15, 0.2) is 10.6 Å². The minimum Gasteiger partial charge on any atom is -0.360 e. The van der Waals surface area contributed by atoms with E-state index >= 15 is 0 Å².